The van der Waals surface area contributed by atoms with Gasteiger partial charge in [-0.2, -0.15) is 0 Å². The van der Waals surface area contributed by atoms with Crippen molar-refractivity contribution >= 4 is 21.6 Å². The number of nitrogens with one attached hydrogen (secondary N) is 1. The molecule has 0 radical (unpaired) electrons. The van der Waals surface area contributed by atoms with E-state index in [1.807, 2.05) is 24.3 Å². The molecule has 1 N–H and O–H groups in total. The third kappa shape index (κ3) is 3.25. The lowest BCUT2D eigenvalue weighted by Crippen LogP contribution is -2.03. The number of hydrogen-bond acceptors (Lipinski definition) is 3. The molecule has 0 amide bonds. The molecule has 2 rings (SSSR count). The minimum absolute atomic E-state index is 0.669. The lowest BCUT2D eigenvalue weighted by molar-refractivity contribution is 0.352. The zero-order valence-corrected chi connectivity index (χ0v) is 13.5. The van der Waals surface area contributed by atoms with Gasteiger partial charge in [0.25, 0.3) is 0 Å². The van der Waals surface area contributed by atoms with Crippen LogP contribution >= 0.6 is 15.9 Å². The zero-order valence-electron chi connectivity index (χ0n) is 11.9. The number of halogens is 1. The first-order valence-electron chi connectivity index (χ1n) is 6.35. The fraction of sp³-hybridized carbons (Fsp3) is 0.250. The Labute approximate surface area is 128 Å². The van der Waals surface area contributed by atoms with E-state index in [-0.39, 0.29) is 0 Å². The molecule has 0 saturated carbocycles. The van der Waals surface area contributed by atoms with Crippen molar-refractivity contribution in [1.82, 2.24) is 0 Å². The zero-order chi connectivity index (χ0) is 14.5. The molecule has 0 aliphatic carbocycles. The van der Waals surface area contributed by atoms with Crippen molar-refractivity contribution in [2.45, 2.75) is 13.5 Å². The van der Waals surface area contributed by atoms with E-state index in [1.54, 1.807) is 14.2 Å². The van der Waals surface area contributed by atoms with E-state index in [0.717, 1.165) is 27.2 Å². The monoisotopic (exact) mass is 335 g/mol. The average Bonchev–Trinajstić information content (AvgIpc) is 2.47. The van der Waals surface area contributed by atoms with Gasteiger partial charge in [0.2, 0.25) is 0 Å². The second-order valence-corrected chi connectivity index (χ2v) is 5.34. The van der Waals surface area contributed by atoms with Gasteiger partial charge in [-0.25, -0.2) is 0 Å². The van der Waals surface area contributed by atoms with Crippen molar-refractivity contribution in [1.29, 1.82) is 0 Å². The number of ether oxygens (including phenoxy) is 2. The molecular formula is C16H18BrNO2. The molecule has 0 bridgehead atoms. The normalized spacial score (nSPS) is 10.2. The summed E-state index contributed by atoms with van der Waals surface area (Å²) in [5.74, 6) is 1.52. The van der Waals surface area contributed by atoms with Crippen LogP contribution in [0.4, 0.5) is 5.69 Å². The van der Waals surface area contributed by atoms with Crippen LogP contribution in [0.25, 0.3) is 0 Å². The van der Waals surface area contributed by atoms with E-state index in [1.165, 1.54) is 5.56 Å². The molecule has 0 fully saturated rings. The van der Waals surface area contributed by atoms with Crippen LogP contribution in [0.3, 0.4) is 0 Å². The van der Waals surface area contributed by atoms with Crippen molar-refractivity contribution in [3.8, 4) is 11.5 Å². The first-order chi connectivity index (χ1) is 9.65. The van der Waals surface area contributed by atoms with Gasteiger partial charge in [0.15, 0.2) is 11.5 Å². The highest BCUT2D eigenvalue weighted by molar-refractivity contribution is 9.10. The van der Waals surface area contributed by atoms with Gasteiger partial charge in [0.05, 0.1) is 14.2 Å². The maximum atomic E-state index is 5.43. The second-order valence-electron chi connectivity index (χ2n) is 4.49. The SMILES string of the molecule is COc1cccc(CNc2cc(C)ccc2Br)c1OC. The predicted octanol–water partition coefficient (Wildman–Crippen LogP) is 4.39. The Bertz CT molecular complexity index is 599. The first-order valence-corrected chi connectivity index (χ1v) is 7.15. The Morgan fingerprint density at radius 3 is 2.60 bits per heavy atom. The summed E-state index contributed by atoms with van der Waals surface area (Å²) in [6, 6.07) is 12.1. The summed E-state index contributed by atoms with van der Waals surface area (Å²) in [4.78, 5) is 0. The number of methoxy groups -OCH3 is 2. The molecule has 0 unspecified atom stereocenters. The number of rotatable bonds is 5. The van der Waals surface area contributed by atoms with Crippen molar-refractivity contribution in [3.05, 3.63) is 52.0 Å². The van der Waals surface area contributed by atoms with E-state index in [0.29, 0.717) is 6.54 Å². The molecule has 2 aromatic rings. The third-order valence-corrected chi connectivity index (χ3v) is 3.77. The molecule has 106 valence electrons. The molecule has 4 heteroatoms. The molecule has 20 heavy (non-hydrogen) atoms. The number of aryl methyl sites for hydroxylation is 1. The van der Waals surface area contributed by atoms with E-state index in [9.17, 15) is 0 Å². The summed E-state index contributed by atoms with van der Waals surface area (Å²) in [6.45, 7) is 2.74. The van der Waals surface area contributed by atoms with Gasteiger partial charge in [-0.1, -0.05) is 18.2 Å². The minimum atomic E-state index is 0.669. The quantitative estimate of drug-likeness (QED) is 0.879. The second kappa shape index (κ2) is 6.66. The maximum absolute atomic E-state index is 5.43. The minimum Gasteiger partial charge on any atom is -0.493 e. The van der Waals surface area contributed by atoms with Gasteiger partial charge >= 0.3 is 0 Å². The topological polar surface area (TPSA) is 30.5 Å². The summed E-state index contributed by atoms with van der Waals surface area (Å²) >= 11 is 3.55. The van der Waals surface area contributed by atoms with Crippen LogP contribution in [0.5, 0.6) is 11.5 Å². The predicted molar refractivity (Wildman–Crippen MR) is 85.8 cm³/mol. The van der Waals surface area contributed by atoms with Gasteiger partial charge in [-0.3, -0.25) is 0 Å². The van der Waals surface area contributed by atoms with Crippen LogP contribution in [-0.2, 0) is 6.54 Å². The largest absolute Gasteiger partial charge is 0.493 e. The highest BCUT2D eigenvalue weighted by Crippen LogP contribution is 2.32. The maximum Gasteiger partial charge on any atom is 0.165 e. The average molecular weight is 336 g/mol. The molecule has 0 heterocycles. The van der Waals surface area contributed by atoms with Gasteiger partial charge in [-0.05, 0) is 46.6 Å². The number of hydrogen-bond donors (Lipinski definition) is 1. The van der Waals surface area contributed by atoms with Crippen LogP contribution in [-0.4, -0.2) is 14.2 Å². The Hall–Kier alpha value is -1.68. The molecule has 0 aliphatic rings. The lowest BCUT2D eigenvalue weighted by atomic mass is 10.1. The Kier molecular flexibility index (Phi) is 4.90. The summed E-state index contributed by atoms with van der Waals surface area (Å²) in [5, 5.41) is 3.41. The molecule has 0 aromatic heterocycles. The van der Waals surface area contributed by atoms with Gasteiger partial charge in [0.1, 0.15) is 0 Å². The molecule has 0 saturated heterocycles. The van der Waals surface area contributed by atoms with Crippen molar-refractivity contribution in [2.24, 2.45) is 0 Å². The lowest BCUT2D eigenvalue weighted by Gasteiger charge is -2.14. The summed E-state index contributed by atoms with van der Waals surface area (Å²) in [6.07, 6.45) is 0. The standard InChI is InChI=1S/C16H18BrNO2/c1-11-7-8-13(17)14(9-11)18-10-12-5-4-6-15(19-2)16(12)20-3/h4-9,18H,10H2,1-3H3. The van der Waals surface area contributed by atoms with Gasteiger partial charge < -0.3 is 14.8 Å². The summed E-state index contributed by atoms with van der Waals surface area (Å²) < 4.78 is 11.8. The highest BCUT2D eigenvalue weighted by Gasteiger charge is 2.09. The highest BCUT2D eigenvalue weighted by atomic mass is 79.9. The molecule has 0 aliphatic heterocycles. The van der Waals surface area contributed by atoms with Crippen molar-refractivity contribution in [2.75, 3.05) is 19.5 Å². The molecule has 0 atom stereocenters. The molecule has 2 aromatic carbocycles. The number of para-hydroxylation sites is 1. The first kappa shape index (κ1) is 14.7. The number of anilines is 1. The fourth-order valence-electron chi connectivity index (χ4n) is 2.06. The van der Waals surface area contributed by atoms with Crippen LogP contribution in [0.1, 0.15) is 11.1 Å². The summed E-state index contributed by atoms with van der Waals surface area (Å²) in [5.41, 5.74) is 3.34. The van der Waals surface area contributed by atoms with E-state index in [4.69, 9.17) is 9.47 Å². The number of benzene rings is 2. The Balaban J connectivity index is 2.20. The fourth-order valence-corrected chi connectivity index (χ4v) is 2.44. The third-order valence-electron chi connectivity index (χ3n) is 3.08. The van der Waals surface area contributed by atoms with Crippen LogP contribution in [0.2, 0.25) is 0 Å². The van der Waals surface area contributed by atoms with E-state index >= 15 is 0 Å². The van der Waals surface area contributed by atoms with Crippen LogP contribution in [0, 0.1) is 6.92 Å². The molecule has 0 spiro atoms. The molecular weight excluding hydrogens is 318 g/mol. The molecule has 3 nitrogen and oxygen atoms in total. The Morgan fingerprint density at radius 2 is 1.90 bits per heavy atom. The van der Waals surface area contributed by atoms with E-state index in [2.05, 4.69) is 40.3 Å². The van der Waals surface area contributed by atoms with Crippen LogP contribution in [0.15, 0.2) is 40.9 Å². The van der Waals surface area contributed by atoms with Gasteiger partial charge in [0, 0.05) is 22.3 Å². The van der Waals surface area contributed by atoms with Crippen LogP contribution < -0.4 is 14.8 Å². The summed E-state index contributed by atoms with van der Waals surface area (Å²) in [7, 11) is 3.30. The van der Waals surface area contributed by atoms with Crippen molar-refractivity contribution in [3.63, 3.8) is 0 Å². The van der Waals surface area contributed by atoms with E-state index < -0.39 is 0 Å². The Morgan fingerprint density at radius 1 is 1.10 bits per heavy atom. The smallest absolute Gasteiger partial charge is 0.165 e. The van der Waals surface area contributed by atoms with Crippen molar-refractivity contribution < 1.29 is 9.47 Å². The van der Waals surface area contributed by atoms with Gasteiger partial charge in [-0.15, -0.1) is 0 Å².